The van der Waals surface area contributed by atoms with E-state index < -0.39 is 0 Å². The van der Waals surface area contributed by atoms with Gasteiger partial charge < -0.3 is 14.2 Å². The van der Waals surface area contributed by atoms with Crippen LogP contribution in [0.25, 0.3) is 11.1 Å². The van der Waals surface area contributed by atoms with Crippen LogP contribution in [0.1, 0.15) is 19.8 Å². The van der Waals surface area contributed by atoms with E-state index in [1.165, 1.54) is 0 Å². The highest BCUT2D eigenvalue weighted by atomic mass is 16.5. The minimum atomic E-state index is -0.175. The van der Waals surface area contributed by atoms with Crippen molar-refractivity contribution in [3.05, 3.63) is 48.5 Å². The number of hydrogen-bond donors (Lipinski definition) is 0. The number of esters is 1. The highest BCUT2D eigenvalue weighted by Crippen LogP contribution is 2.24. The van der Waals surface area contributed by atoms with Gasteiger partial charge in [0.15, 0.2) is 0 Å². The Morgan fingerprint density at radius 1 is 0.913 bits per heavy atom. The predicted octanol–water partition coefficient (Wildman–Crippen LogP) is 4.08. The van der Waals surface area contributed by atoms with E-state index >= 15 is 0 Å². The van der Waals surface area contributed by atoms with Crippen LogP contribution in [-0.2, 0) is 9.53 Å². The van der Waals surface area contributed by atoms with E-state index in [0.717, 1.165) is 22.6 Å². The van der Waals surface area contributed by atoms with Gasteiger partial charge in [0.25, 0.3) is 0 Å². The van der Waals surface area contributed by atoms with Crippen LogP contribution in [0.4, 0.5) is 0 Å². The minimum Gasteiger partial charge on any atom is -0.497 e. The summed E-state index contributed by atoms with van der Waals surface area (Å²) in [4.78, 5) is 11.2. The molecule has 0 aliphatic carbocycles. The molecule has 0 spiro atoms. The second kappa shape index (κ2) is 8.83. The molecule has 0 aromatic heterocycles. The molecule has 0 N–H and O–H groups in total. The molecule has 2 aromatic carbocycles. The quantitative estimate of drug-likeness (QED) is 0.544. The molecule has 0 heterocycles. The fourth-order valence-electron chi connectivity index (χ4n) is 2.17. The first-order valence-corrected chi connectivity index (χ1v) is 7.76. The first-order chi connectivity index (χ1) is 11.2. The smallest absolute Gasteiger partial charge is 0.305 e. The molecule has 4 nitrogen and oxygen atoms in total. The van der Waals surface area contributed by atoms with Gasteiger partial charge in [-0.15, -0.1) is 0 Å². The third-order valence-corrected chi connectivity index (χ3v) is 3.38. The Morgan fingerprint density at radius 2 is 1.48 bits per heavy atom. The summed E-state index contributed by atoms with van der Waals surface area (Å²) in [6, 6.07) is 15.8. The SMILES string of the molecule is CCOC(=O)CCCOc1ccc(-c2ccc(OC)cc2)cc1. The normalized spacial score (nSPS) is 10.2. The van der Waals surface area contributed by atoms with Crippen LogP contribution in [0.15, 0.2) is 48.5 Å². The van der Waals surface area contributed by atoms with Crippen LogP contribution >= 0.6 is 0 Å². The molecule has 122 valence electrons. The van der Waals surface area contributed by atoms with Crippen molar-refractivity contribution in [2.75, 3.05) is 20.3 Å². The lowest BCUT2D eigenvalue weighted by Crippen LogP contribution is -2.06. The molecule has 0 aliphatic rings. The monoisotopic (exact) mass is 314 g/mol. The Kier molecular flexibility index (Phi) is 6.48. The molecule has 0 unspecified atom stereocenters. The standard InChI is InChI=1S/C19H22O4/c1-3-22-19(20)5-4-14-23-18-12-8-16(9-13-18)15-6-10-17(21-2)11-7-15/h6-13H,3-5,14H2,1-2H3. The van der Waals surface area contributed by atoms with Crippen LogP contribution in [0.2, 0.25) is 0 Å². The van der Waals surface area contributed by atoms with Crippen molar-refractivity contribution in [1.29, 1.82) is 0 Å². The molecular weight excluding hydrogens is 292 g/mol. The average molecular weight is 314 g/mol. The van der Waals surface area contributed by atoms with Crippen LogP contribution in [0.3, 0.4) is 0 Å². The van der Waals surface area contributed by atoms with E-state index in [0.29, 0.717) is 26.1 Å². The maximum Gasteiger partial charge on any atom is 0.305 e. The van der Waals surface area contributed by atoms with E-state index in [1.807, 2.05) is 48.5 Å². The van der Waals surface area contributed by atoms with Gasteiger partial charge in [0.2, 0.25) is 0 Å². The summed E-state index contributed by atoms with van der Waals surface area (Å²) in [5.41, 5.74) is 2.24. The van der Waals surface area contributed by atoms with Crippen molar-refractivity contribution >= 4 is 5.97 Å². The summed E-state index contributed by atoms with van der Waals surface area (Å²) >= 11 is 0. The Morgan fingerprint density at radius 3 is 2.00 bits per heavy atom. The lowest BCUT2D eigenvalue weighted by atomic mass is 10.1. The van der Waals surface area contributed by atoms with Crippen molar-refractivity contribution in [1.82, 2.24) is 0 Å². The van der Waals surface area contributed by atoms with Gasteiger partial charge in [0.1, 0.15) is 11.5 Å². The molecule has 0 saturated heterocycles. The second-order valence-corrected chi connectivity index (χ2v) is 5.01. The lowest BCUT2D eigenvalue weighted by Gasteiger charge is -2.08. The van der Waals surface area contributed by atoms with Gasteiger partial charge in [-0.2, -0.15) is 0 Å². The van der Waals surface area contributed by atoms with Crippen LogP contribution in [-0.4, -0.2) is 26.3 Å². The number of carbonyl (C=O) groups excluding carboxylic acids is 1. The summed E-state index contributed by atoms with van der Waals surface area (Å²) in [6.45, 7) is 2.73. The summed E-state index contributed by atoms with van der Waals surface area (Å²) in [7, 11) is 1.66. The number of benzene rings is 2. The Balaban J connectivity index is 1.83. The topological polar surface area (TPSA) is 44.8 Å². The molecule has 0 bridgehead atoms. The molecule has 23 heavy (non-hydrogen) atoms. The van der Waals surface area contributed by atoms with Gasteiger partial charge in [-0.25, -0.2) is 0 Å². The number of hydrogen-bond acceptors (Lipinski definition) is 4. The highest BCUT2D eigenvalue weighted by molar-refractivity contribution is 5.69. The van der Waals surface area contributed by atoms with Gasteiger partial charge in [0, 0.05) is 6.42 Å². The fourth-order valence-corrected chi connectivity index (χ4v) is 2.17. The maximum atomic E-state index is 11.2. The summed E-state index contributed by atoms with van der Waals surface area (Å²) in [5.74, 6) is 1.47. The molecule has 0 fully saturated rings. The van der Waals surface area contributed by atoms with Gasteiger partial charge in [0.05, 0.1) is 20.3 Å². The molecular formula is C19H22O4. The lowest BCUT2D eigenvalue weighted by molar-refractivity contribution is -0.143. The van der Waals surface area contributed by atoms with E-state index in [4.69, 9.17) is 14.2 Å². The zero-order chi connectivity index (χ0) is 16.5. The Labute approximate surface area is 137 Å². The Bertz CT molecular complexity index is 602. The van der Waals surface area contributed by atoms with E-state index in [1.54, 1.807) is 14.0 Å². The molecule has 0 aliphatic heterocycles. The second-order valence-electron chi connectivity index (χ2n) is 5.01. The van der Waals surface area contributed by atoms with Crippen molar-refractivity contribution < 1.29 is 19.0 Å². The fraction of sp³-hybridized carbons (Fsp3) is 0.316. The third-order valence-electron chi connectivity index (χ3n) is 3.38. The van der Waals surface area contributed by atoms with E-state index in [-0.39, 0.29) is 5.97 Å². The predicted molar refractivity (Wildman–Crippen MR) is 89.8 cm³/mol. The van der Waals surface area contributed by atoms with Crippen LogP contribution in [0, 0.1) is 0 Å². The summed E-state index contributed by atoms with van der Waals surface area (Å²) < 4.78 is 15.7. The maximum absolute atomic E-state index is 11.2. The van der Waals surface area contributed by atoms with Crippen LogP contribution in [0.5, 0.6) is 11.5 Å². The highest BCUT2D eigenvalue weighted by Gasteiger charge is 2.02. The van der Waals surface area contributed by atoms with Crippen molar-refractivity contribution in [3.63, 3.8) is 0 Å². The first kappa shape index (κ1) is 16.9. The summed E-state index contributed by atoms with van der Waals surface area (Å²) in [5, 5.41) is 0. The number of ether oxygens (including phenoxy) is 3. The van der Waals surface area contributed by atoms with E-state index in [9.17, 15) is 4.79 Å². The first-order valence-electron chi connectivity index (χ1n) is 7.76. The van der Waals surface area contributed by atoms with Crippen molar-refractivity contribution in [2.45, 2.75) is 19.8 Å². The molecule has 2 rings (SSSR count). The zero-order valence-electron chi connectivity index (χ0n) is 13.6. The molecule has 0 saturated carbocycles. The molecule has 0 atom stereocenters. The number of carbonyl (C=O) groups is 1. The molecule has 2 aromatic rings. The van der Waals surface area contributed by atoms with Gasteiger partial charge >= 0.3 is 5.97 Å². The van der Waals surface area contributed by atoms with E-state index in [2.05, 4.69) is 0 Å². The van der Waals surface area contributed by atoms with Crippen molar-refractivity contribution in [2.24, 2.45) is 0 Å². The van der Waals surface area contributed by atoms with Gasteiger partial charge in [-0.3, -0.25) is 4.79 Å². The van der Waals surface area contributed by atoms with Gasteiger partial charge in [-0.05, 0) is 48.7 Å². The Hall–Kier alpha value is -2.49. The zero-order valence-corrected chi connectivity index (χ0v) is 13.6. The molecule has 0 radical (unpaired) electrons. The third kappa shape index (κ3) is 5.33. The largest absolute Gasteiger partial charge is 0.497 e. The average Bonchev–Trinajstić information content (AvgIpc) is 2.60. The number of rotatable bonds is 8. The van der Waals surface area contributed by atoms with Crippen LogP contribution < -0.4 is 9.47 Å². The number of methoxy groups -OCH3 is 1. The van der Waals surface area contributed by atoms with Gasteiger partial charge in [-0.1, -0.05) is 24.3 Å². The molecule has 0 amide bonds. The van der Waals surface area contributed by atoms with Crippen molar-refractivity contribution in [3.8, 4) is 22.6 Å². The minimum absolute atomic E-state index is 0.175. The molecule has 4 heteroatoms. The summed E-state index contributed by atoms with van der Waals surface area (Å²) in [6.07, 6.45) is 1.04.